The maximum absolute atomic E-state index is 8.49. The van der Waals surface area contributed by atoms with E-state index in [1.807, 2.05) is 52.5 Å². The monoisotopic (exact) mass is 524 g/mol. The van der Waals surface area contributed by atoms with Gasteiger partial charge in [-0.25, -0.2) is 23.2 Å². The molecule has 2 aliphatic rings. The van der Waals surface area contributed by atoms with Crippen LogP contribution in [0.2, 0.25) is 0 Å². The molecule has 1 aliphatic carbocycles. The topological polar surface area (TPSA) is 117 Å². The van der Waals surface area contributed by atoms with Gasteiger partial charge < -0.3 is 14.4 Å². The molecule has 0 spiro atoms. The molecule has 1 heterocycles. The van der Waals surface area contributed by atoms with Crippen molar-refractivity contribution in [3.63, 3.8) is 0 Å². The Bertz CT molecular complexity index is 1270. The van der Waals surface area contributed by atoms with Gasteiger partial charge in [0.25, 0.3) is 0 Å². The first-order valence-electron chi connectivity index (χ1n) is 11.2. The van der Waals surface area contributed by atoms with Gasteiger partial charge in [-0.05, 0) is 71.8 Å². The summed E-state index contributed by atoms with van der Waals surface area (Å²) >= 11 is 0. The molecule has 4 rings (SSSR count). The third-order valence-corrected chi connectivity index (χ3v) is 5.55. The minimum Gasteiger partial charge on any atom is -0.497 e. The molecule has 8 nitrogen and oxygen atoms in total. The van der Waals surface area contributed by atoms with E-state index in [1.54, 1.807) is 7.11 Å². The summed E-state index contributed by atoms with van der Waals surface area (Å²) < 4.78 is 47.8. The molecule has 0 saturated heterocycles. The molecule has 0 unspecified atom stereocenters. The molecule has 0 aromatic heterocycles. The van der Waals surface area contributed by atoms with Crippen LogP contribution in [0.15, 0.2) is 96.3 Å². The Morgan fingerprint density at radius 3 is 1.81 bits per heavy atom. The zero-order valence-electron chi connectivity index (χ0n) is 21.3. The smallest absolute Gasteiger partial charge is 0.199 e. The van der Waals surface area contributed by atoms with Gasteiger partial charge in [0.05, 0.1) is 7.11 Å². The van der Waals surface area contributed by atoms with Gasteiger partial charge in [0.15, 0.2) is 5.71 Å². The van der Waals surface area contributed by atoms with Crippen LogP contribution < -0.4 is 28.3 Å². The molecule has 0 fully saturated rings. The van der Waals surface area contributed by atoms with Gasteiger partial charge in [0.1, 0.15) is 31.4 Å². The highest BCUT2D eigenvalue weighted by Gasteiger charge is 2.18. The normalized spacial score (nSPS) is 14.8. The van der Waals surface area contributed by atoms with E-state index in [0.29, 0.717) is 0 Å². The molecule has 0 N–H and O–H groups in total. The summed E-state index contributed by atoms with van der Waals surface area (Å²) in [4.78, 5) is 2.10. The number of anilines is 1. The molecular formula is C28H29ClN2O6. The van der Waals surface area contributed by atoms with Crippen LogP contribution in [-0.4, -0.2) is 45.6 Å². The van der Waals surface area contributed by atoms with E-state index in [9.17, 15) is 0 Å². The van der Waals surface area contributed by atoms with E-state index >= 15 is 0 Å². The van der Waals surface area contributed by atoms with Crippen LogP contribution in [-0.2, 0) is 4.74 Å². The minimum absolute atomic E-state index is 0.813. The zero-order valence-corrected chi connectivity index (χ0v) is 22.1. The molecule has 194 valence electrons. The summed E-state index contributed by atoms with van der Waals surface area (Å²) in [6, 6.07) is 16.5. The first kappa shape index (κ1) is 27.9. The third kappa shape index (κ3) is 8.18. The fourth-order valence-corrected chi connectivity index (χ4v) is 3.58. The maximum atomic E-state index is 8.49. The summed E-state index contributed by atoms with van der Waals surface area (Å²) in [7, 11) is 4.91. The molecule has 0 saturated carbocycles. The molecule has 0 amide bonds. The second kappa shape index (κ2) is 12.1. The Balaban J connectivity index is 0.000000695. The average Bonchev–Trinajstić information content (AvgIpc) is 2.87. The number of benzene rings is 2. The van der Waals surface area contributed by atoms with E-state index in [-0.39, 0.29) is 0 Å². The molecule has 2 aromatic carbocycles. The lowest BCUT2D eigenvalue weighted by Crippen LogP contribution is -2.68. The molecule has 0 atom stereocenters. The van der Waals surface area contributed by atoms with Crippen molar-refractivity contribution in [3.8, 4) is 5.75 Å². The van der Waals surface area contributed by atoms with E-state index < -0.39 is 10.2 Å². The quantitative estimate of drug-likeness (QED) is 0.536. The number of ether oxygens (including phenoxy) is 2. The standard InChI is InChI=1S/C28H29N2O2.ClHO4/c1-29(2)24-12-6-20(7-13-24)23-18-27(21-8-14-25(15-9-21)30(3)4)32-28(19-23)22-10-16-26(31-5)17-11-22;2-1(3,4)5/h6-19H,1-5H3;(H,2,3,4,5)/q+1;/p-1. The van der Waals surface area contributed by atoms with Gasteiger partial charge >= 0.3 is 0 Å². The van der Waals surface area contributed by atoms with Gasteiger partial charge in [-0.3, -0.25) is 0 Å². The number of hydrogen-bond acceptors (Lipinski definition) is 7. The molecule has 0 radical (unpaired) electrons. The van der Waals surface area contributed by atoms with Crippen molar-refractivity contribution >= 4 is 22.7 Å². The van der Waals surface area contributed by atoms with Gasteiger partial charge in [-0.2, -0.15) is 0 Å². The number of allylic oxidation sites excluding steroid dienone is 8. The molecular weight excluding hydrogens is 496 g/mol. The van der Waals surface area contributed by atoms with Crippen molar-refractivity contribution in [2.24, 2.45) is 0 Å². The van der Waals surface area contributed by atoms with Gasteiger partial charge in [0.2, 0.25) is 0 Å². The second-order valence-electron chi connectivity index (χ2n) is 8.56. The van der Waals surface area contributed by atoms with E-state index in [4.69, 9.17) is 28.1 Å². The van der Waals surface area contributed by atoms with Crippen LogP contribution in [0.3, 0.4) is 0 Å². The second-order valence-corrected chi connectivity index (χ2v) is 9.32. The number of hydrogen-bond donors (Lipinski definition) is 0. The van der Waals surface area contributed by atoms with Crippen molar-refractivity contribution in [1.29, 1.82) is 0 Å². The van der Waals surface area contributed by atoms with Gasteiger partial charge in [-0.1, -0.05) is 12.1 Å². The van der Waals surface area contributed by atoms with Crippen molar-refractivity contribution in [2.75, 3.05) is 40.2 Å². The fraction of sp³-hybridized carbons (Fsp3) is 0.179. The SMILES string of the molecule is COc1ccc(C2=CC(c3ccc(N(C)C)cc3)=CC(=C3C=CC(=[N+](C)C)C=C3)O2)cc1.[O-][Cl+3]([O-])([O-])[O-]. The lowest BCUT2D eigenvalue weighted by Gasteiger charge is -2.21. The fourth-order valence-electron chi connectivity index (χ4n) is 3.58. The Morgan fingerprint density at radius 1 is 0.784 bits per heavy atom. The van der Waals surface area contributed by atoms with Crippen LogP contribution in [0, 0.1) is 10.2 Å². The van der Waals surface area contributed by atoms with Crippen LogP contribution in [0.5, 0.6) is 5.75 Å². The summed E-state index contributed by atoms with van der Waals surface area (Å²) in [6.45, 7) is 0. The highest BCUT2D eigenvalue weighted by atomic mass is 35.7. The molecule has 9 heteroatoms. The van der Waals surface area contributed by atoms with Gasteiger partial charge in [0, 0.05) is 43.1 Å². The highest BCUT2D eigenvalue weighted by molar-refractivity contribution is 6.02. The van der Waals surface area contributed by atoms with Crippen molar-refractivity contribution in [3.05, 3.63) is 107 Å². The van der Waals surface area contributed by atoms with E-state index in [1.165, 1.54) is 5.69 Å². The predicted molar refractivity (Wildman–Crippen MR) is 133 cm³/mol. The van der Waals surface area contributed by atoms with Crippen LogP contribution in [0.1, 0.15) is 11.1 Å². The van der Waals surface area contributed by atoms with E-state index in [0.717, 1.165) is 45.3 Å². The lowest BCUT2D eigenvalue weighted by molar-refractivity contribution is -2.00. The number of halogens is 1. The van der Waals surface area contributed by atoms with Crippen molar-refractivity contribution < 1.29 is 42.9 Å². The Morgan fingerprint density at radius 2 is 1.32 bits per heavy atom. The van der Waals surface area contributed by atoms with Crippen molar-refractivity contribution in [1.82, 2.24) is 0 Å². The van der Waals surface area contributed by atoms with Crippen LogP contribution in [0.25, 0.3) is 11.3 Å². The van der Waals surface area contributed by atoms with E-state index in [2.05, 4.69) is 70.2 Å². The predicted octanol–water partition coefficient (Wildman–Crippen LogP) is 0.553. The maximum Gasteiger partial charge on any atom is 0.199 e. The Kier molecular flexibility index (Phi) is 9.09. The third-order valence-electron chi connectivity index (χ3n) is 5.55. The summed E-state index contributed by atoms with van der Waals surface area (Å²) in [5, 5.41) is 0. The highest BCUT2D eigenvalue weighted by Crippen LogP contribution is 2.34. The molecule has 1 aliphatic heterocycles. The lowest BCUT2D eigenvalue weighted by atomic mass is 9.98. The number of rotatable bonds is 4. The van der Waals surface area contributed by atoms with Crippen LogP contribution >= 0.6 is 0 Å². The molecule has 0 bridgehead atoms. The minimum atomic E-state index is -4.94. The van der Waals surface area contributed by atoms with Crippen molar-refractivity contribution in [2.45, 2.75) is 0 Å². The van der Waals surface area contributed by atoms with Crippen LogP contribution in [0.4, 0.5) is 5.69 Å². The zero-order chi connectivity index (χ0) is 27.2. The Hall–Kier alpha value is -3.66. The number of nitrogens with zero attached hydrogens (tertiary/aromatic N) is 2. The Labute approximate surface area is 219 Å². The first-order valence-corrected chi connectivity index (χ1v) is 12.5. The largest absolute Gasteiger partial charge is 0.497 e. The summed E-state index contributed by atoms with van der Waals surface area (Å²) in [5.41, 5.74) is 6.62. The summed E-state index contributed by atoms with van der Waals surface area (Å²) in [6.07, 6.45) is 12.6. The summed E-state index contributed by atoms with van der Waals surface area (Å²) in [5.74, 6) is 2.47. The molecule has 37 heavy (non-hydrogen) atoms. The average molecular weight is 525 g/mol. The molecule has 2 aromatic rings. The van der Waals surface area contributed by atoms with Gasteiger partial charge in [-0.15, -0.1) is 10.2 Å². The first-order chi connectivity index (χ1) is 17.4. The number of methoxy groups -OCH3 is 1.